The van der Waals surface area contributed by atoms with E-state index in [1.54, 1.807) is 12.1 Å². The van der Waals surface area contributed by atoms with E-state index in [0.29, 0.717) is 36.2 Å². The minimum atomic E-state index is -0.276. The number of guanidine groups is 1. The molecule has 1 aromatic carbocycles. The molecule has 2 aromatic rings. The zero-order valence-corrected chi connectivity index (χ0v) is 14.9. The highest BCUT2D eigenvalue weighted by Crippen LogP contribution is 2.18. The quantitative estimate of drug-likeness (QED) is 0.624. The first-order chi connectivity index (χ1) is 12.2. The Morgan fingerprint density at radius 2 is 2.24 bits per heavy atom. The monoisotopic (exact) mass is 363 g/mol. The maximum Gasteiger partial charge on any atom is 0.228 e. The van der Waals surface area contributed by atoms with Gasteiger partial charge in [0, 0.05) is 36.6 Å². The van der Waals surface area contributed by atoms with E-state index in [9.17, 15) is 5.11 Å². The summed E-state index contributed by atoms with van der Waals surface area (Å²) < 4.78 is 5.30. The van der Waals surface area contributed by atoms with Gasteiger partial charge in [0.15, 0.2) is 5.96 Å². The molecule has 0 aliphatic carbocycles. The minimum absolute atomic E-state index is 0.276. The third-order valence-corrected chi connectivity index (χ3v) is 4.21. The predicted molar refractivity (Wildman–Crippen MR) is 96.6 cm³/mol. The van der Waals surface area contributed by atoms with Crippen LogP contribution in [0.1, 0.15) is 19.2 Å². The van der Waals surface area contributed by atoms with Crippen molar-refractivity contribution in [1.29, 1.82) is 0 Å². The van der Waals surface area contributed by atoms with Gasteiger partial charge in [-0.1, -0.05) is 16.8 Å². The molecule has 0 radical (unpaired) electrons. The van der Waals surface area contributed by atoms with E-state index in [1.165, 1.54) is 0 Å². The molecule has 1 aliphatic rings. The Kier molecular flexibility index (Phi) is 5.88. The molecule has 134 valence electrons. The SMILES string of the molecule is CCNC(=NCCc1nc(-c2ccc(Cl)cc2)no1)N1CC[C@@H](O)C1. The third-order valence-electron chi connectivity index (χ3n) is 3.96. The molecule has 0 saturated carbocycles. The summed E-state index contributed by atoms with van der Waals surface area (Å²) in [5.41, 5.74) is 0.863. The molecule has 2 heterocycles. The molecular weight excluding hydrogens is 342 g/mol. The van der Waals surface area contributed by atoms with Crippen LogP contribution in [0.15, 0.2) is 33.8 Å². The average molecular weight is 364 g/mol. The highest BCUT2D eigenvalue weighted by Gasteiger charge is 2.22. The number of likely N-dealkylation sites (tertiary alicyclic amines) is 1. The van der Waals surface area contributed by atoms with Gasteiger partial charge in [0.05, 0.1) is 12.6 Å². The molecule has 0 spiro atoms. The molecule has 0 bridgehead atoms. The van der Waals surface area contributed by atoms with E-state index in [4.69, 9.17) is 16.1 Å². The van der Waals surface area contributed by atoms with Crippen LogP contribution in [-0.2, 0) is 6.42 Å². The fraction of sp³-hybridized carbons (Fsp3) is 0.471. The molecule has 0 amide bonds. The number of benzene rings is 1. The van der Waals surface area contributed by atoms with E-state index >= 15 is 0 Å². The second-order valence-electron chi connectivity index (χ2n) is 5.89. The van der Waals surface area contributed by atoms with Crippen molar-refractivity contribution in [2.45, 2.75) is 25.9 Å². The first-order valence-electron chi connectivity index (χ1n) is 8.45. The normalized spacial score (nSPS) is 18.0. The molecular formula is C17H22ClN5O2. The molecule has 1 aliphatic heterocycles. The Morgan fingerprint density at radius 3 is 2.92 bits per heavy atom. The van der Waals surface area contributed by atoms with Crippen molar-refractivity contribution in [3.05, 3.63) is 35.2 Å². The Hall–Kier alpha value is -2.12. The number of β-amino-alcohol motifs (C(OH)–C–C–N with tert-alkyl or cyclic N) is 1. The highest BCUT2D eigenvalue weighted by atomic mass is 35.5. The Labute approximate surface area is 151 Å². The number of aliphatic hydroxyl groups is 1. The lowest BCUT2D eigenvalue weighted by Crippen LogP contribution is -2.40. The van der Waals surface area contributed by atoms with Crippen molar-refractivity contribution in [3.8, 4) is 11.4 Å². The Balaban J connectivity index is 1.59. The maximum absolute atomic E-state index is 9.68. The van der Waals surface area contributed by atoms with Gasteiger partial charge in [-0.3, -0.25) is 4.99 Å². The topological polar surface area (TPSA) is 86.8 Å². The van der Waals surface area contributed by atoms with Crippen LogP contribution in [0.5, 0.6) is 0 Å². The maximum atomic E-state index is 9.68. The fourth-order valence-corrected chi connectivity index (χ4v) is 2.82. The summed E-state index contributed by atoms with van der Waals surface area (Å²) >= 11 is 5.89. The van der Waals surface area contributed by atoms with Crippen LogP contribution in [0.25, 0.3) is 11.4 Å². The number of nitrogens with one attached hydrogen (secondary N) is 1. The van der Waals surface area contributed by atoms with Crippen LogP contribution in [0.4, 0.5) is 0 Å². The number of hydrogen-bond acceptors (Lipinski definition) is 5. The first-order valence-corrected chi connectivity index (χ1v) is 8.83. The van der Waals surface area contributed by atoms with E-state index in [1.807, 2.05) is 19.1 Å². The number of halogens is 1. The van der Waals surface area contributed by atoms with E-state index in [2.05, 4.69) is 25.3 Å². The number of rotatable bonds is 5. The summed E-state index contributed by atoms with van der Waals surface area (Å²) in [5.74, 6) is 1.91. The van der Waals surface area contributed by atoms with Crippen molar-refractivity contribution in [3.63, 3.8) is 0 Å². The van der Waals surface area contributed by atoms with Crippen molar-refractivity contribution in [2.24, 2.45) is 4.99 Å². The molecule has 1 atom stereocenters. The Bertz CT molecular complexity index is 716. The van der Waals surface area contributed by atoms with Gasteiger partial charge in [0.25, 0.3) is 0 Å². The average Bonchev–Trinajstić information content (AvgIpc) is 3.24. The smallest absolute Gasteiger partial charge is 0.228 e. The van der Waals surface area contributed by atoms with E-state index in [-0.39, 0.29) is 6.10 Å². The van der Waals surface area contributed by atoms with Crippen LogP contribution in [-0.4, -0.2) is 58.4 Å². The largest absolute Gasteiger partial charge is 0.391 e. The van der Waals surface area contributed by atoms with Crippen LogP contribution < -0.4 is 5.32 Å². The zero-order valence-electron chi connectivity index (χ0n) is 14.2. The summed E-state index contributed by atoms with van der Waals surface area (Å²) in [6.45, 7) is 4.78. The van der Waals surface area contributed by atoms with Gasteiger partial charge < -0.3 is 19.8 Å². The van der Waals surface area contributed by atoms with Crippen molar-refractivity contribution in [1.82, 2.24) is 20.4 Å². The molecule has 3 rings (SSSR count). The predicted octanol–water partition coefficient (Wildman–Crippen LogP) is 1.96. The van der Waals surface area contributed by atoms with E-state index in [0.717, 1.165) is 31.0 Å². The van der Waals surface area contributed by atoms with E-state index < -0.39 is 0 Å². The van der Waals surface area contributed by atoms with Crippen LogP contribution in [0, 0.1) is 0 Å². The standard InChI is InChI=1S/C17H22ClN5O2/c1-2-19-17(23-10-8-14(24)11-23)20-9-7-15-21-16(22-25-15)12-3-5-13(18)6-4-12/h3-6,14,24H,2,7-11H2,1H3,(H,19,20)/t14-/m1/s1. The third kappa shape index (κ3) is 4.70. The zero-order chi connectivity index (χ0) is 17.6. The number of hydrogen-bond donors (Lipinski definition) is 2. The summed E-state index contributed by atoms with van der Waals surface area (Å²) in [4.78, 5) is 11.1. The summed E-state index contributed by atoms with van der Waals surface area (Å²) in [6.07, 6.45) is 1.06. The van der Waals surface area contributed by atoms with Crippen molar-refractivity contribution >= 4 is 17.6 Å². The van der Waals surface area contributed by atoms with Gasteiger partial charge in [0.2, 0.25) is 11.7 Å². The second-order valence-corrected chi connectivity index (χ2v) is 6.33. The van der Waals surface area contributed by atoms with Gasteiger partial charge in [-0.2, -0.15) is 4.98 Å². The second kappa shape index (κ2) is 8.31. The van der Waals surface area contributed by atoms with Gasteiger partial charge in [-0.25, -0.2) is 0 Å². The fourth-order valence-electron chi connectivity index (χ4n) is 2.69. The lowest BCUT2D eigenvalue weighted by Gasteiger charge is -2.20. The van der Waals surface area contributed by atoms with Gasteiger partial charge in [-0.05, 0) is 37.6 Å². The van der Waals surface area contributed by atoms with Gasteiger partial charge in [0.1, 0.15) is 0 Å². The minimum Gasteiger partial charge on any atom is -0.391 e. The van der Waals surface area contributed by atoms with Crippen LogP contribution in [0.2, 0.25) is 5.02 Å². The summed E-state index contributed by atoms with van der Waals surface area (Å²) in [7, 11) is 0. The van der Waals surface area contributed by atoms with Gasteiger partial charge >= 0.3 is 0 Å². The number of aromatic nitrogens is 2. The lowest BCUT2D eigenvalue weighted by molar-refractivity contribution is 0.188. The highest BCUT2D eigenvalue weighted by molar-refractivity contribution is 6.30. The van der Waals surface area contributed by atoms with Crippen molar-refractivity contribution in [2.75, 3.05) is 26.2 Å². The number of nitrogens with zero attached hydrogens (tertiary/aromatic N) is 4. The molecule has 1 saturated heterocycles. The molecule has 25 heavy (non-hydrogen) atoms. The van der Waals surface area contributed by atoms with Crippen LogP contribution >= 0.6 is 11.6 Å². The molecule has 0 unspecified atom stereocenters. The molecule has 7 nitrogen and oxygen atoms in total. The van der Waals surface area contributed by atoms with Gasteiger partial charge in [-0.15, -0.1) is 0 Å². The van der Waals surface area contributed by atoms with Crippen molar-refractivity contribution < 1.29 is 9.63 Å². The van der Waals surface area contributed by atoms with Crippen LogP contribution in [0.3, 0.4) is 0 Å². The summed E-state index contributed by atoms with van der Waals surface area (Å²) in [5, 5.41) is 17.6. The number of aliphatic hydroxyl groups excluding tert-OH is 1. The molecule has 8 heteroatoms. The lowest BCUT2D eigenvalue weighted by atomic mass is 10.2. The molecule has 2 N–H and O–H groups in total. The molecule has 1 fully saturated rings. The first kappa shape index (κ1) is 17.7. The Morgan fingerprint density at radius 1 is 1.44 bits per heavy atom. The summed E-state index contributed by atoms with van der Waals surface area (Å²) in [6, 6.07) is 7.31. The molecule has 1 aromatic heterocycles. The number of aliphatic imine (C=N–C) groups is 1.